The lowest BCUT2D eigenvalue weighted by atomic mass is 9.96. The van der Waals surface area contributed by atoms with Crippen LogP contribution in [0.5, 0.6) is 0 Å². The topological polar surface area (TPSA) is 12.9 Å². The molecule has 0 N–H and O–H groups in total. The van der Waals surface area contributed by atoms with Gasteiger partial charge < -0.3 is 0 Å². The first-order valence-corrected chi connectivity index (χ1v) is 8.25. The van der Waals surface area contributed by atoms with E-state index in [2.05, 4.69) is 86.4 Å². The Morgan fingerprint density at radius 1 is 0.870 bits per heavy atom. The van der Waals surface area contributed by atoms with Gasteiger partial charge in [0.15, 0.2) is 0 Å². The number of hydrogen-bond donors (Lipinski definition) is 0. The van der Waals surface area contributed by atoms with Crippen molar-refractivity contribution in [2.45, 2.75) is 27.2 Å². The van der Waals surface area contributed by atoms with Crippen molar-refractivity contribution in [1.29, 1.82) is 0 Å². The fourth-order valence-corrected chi connectivity index (χ4v) is 2.93. The monoisotopic (exact) mass is 301 g/mol. The first-order chi connectivity index (χ1) is 11.1. The maximum absolute atomic E-state index is 4.61. The average Bonchev–Trinajstić information content (AvgIpc) is 2.56. The summed E-state index contributed by atoms with van der Waals surface area (Å²) in [7, 11) is 0. The van der Waals surface area contributed by atoms with E-state index in [1.54, 1.807) is 0 Å². The molecule has 0 spiro atoms. The highest BCUT2D eigenvalue weighted by molar-refractivity contribution is 5.73. The molecule has 1 heterocycles. The second-order valence-corrected chi connectivity index (χ2v) is 6.54. The molecule has 2 aromatic carbocycles. The molecular formula is C22H23N. The van der Waals surface area contributed by atoms with Crippen molar-refractivity contribution in [3.63, 3.8) is 0 Å². The highest BCUT2D eigenvalue weighted by Crippen LogP contribution is 2.28. The molecule has 3 rings (SSSR count). The van der Waals surface area contributed by atoms with E-state index in [1.807, 2.05) is 6.20 Å². The van der Waals surface area contributed by atoms with Crippen LogP contribution in [-0.4, -0.2) is 4.98 Å². The third-order valence-electron chi connectivity index (χ3n) is 4.09. The van der Waals surface area contributed by atoms with Crippen molar-refractivity contribution in [2.75, 3.05) is 0 Å². The minimum Gasteiger partial charge on any atom is -0.256 e. The van der Waals surface area contributed by atoms with E-state index in [-0.39, 0.29) is 0 Å². The van der Waals surface area contributed by atoms with Gasteiger partial charge >= 0.3 is 0 Å². The van der Waals surface area contributed by atoms with Crippen LogP contribution in [-0.2, 0) is 6.42 Å². The smallest absolute Gasteiger partial charge is 0.0707 e. The fourth-order valence-electron chi connectivity index (χ4n) is 2.93. The molecule has 0 aliphatic heterocycles. The molecule has 0 unspecified atom stereocenters. The Bertz CT molecular complexity index is 788. The van der Waals surface area contributed by atoms with Gasteiger partial charge in [-0.05, 0) is 59.7 Å². The van der Waals surface area contributed by atoms with Crippen LogP contribution >= 0.6 is 0 Å². The van der Waals surface area contributed by atoms with Gasteiger partial charge in [0.05, 0.1) is 5.69 Å². The third kappa shape index (κ3) is 3.68. The summed E-state index contributed by atoms with van der Waals surface area (Å²) in [6.45, 7) is 6.66. The van der Waals surface area contributed by atoms with Gasteiger partial charge in [0.2, 0.25) is 0 Å². The Morgan fingerprint density at radius 3 is 2.39 bits per heavy atom. The number of pyridine rings is 1. The molecule has 0 radical (unpaired) electrons. The molecule has 1 heteroatoms. The van der Waals surface area contributed by atoms with E-state index in [4.69, 9.17) is 0 Å². The van der Waals surface area contributed by atoms with Crippen molar-refractivity contribution in [2.24, 2.45) is 5.92 Å². The first kappa shape index (κ1) is 15.5. The summed E-state index contributed by atoms with van der Waals surface area (Å²) in [5, 5.41) is 0. The second-order valence-electron chi connectivity index (χ2n) is 6.54. The zero-order valence-corrected chi connectivity index (χ0v) is 14.1. The van der Waals surface area contributed by atoms with Crippen LogP contribution < -0.4 is 0 Å². The van der Waals surface area contributed by atoms with Gasteiger partial charge in [0.25, 0.3) is 0 Å². The van der Waals surface area contributed by atoms with E-state index >= 15 is 0 Å². The SMILES string of the molecule is Cc1ccc(-c2ccccc2)cc1-c1cc(CC(C)C)ccn1. The van der Waals surface area contributed by atoms with E-state index in [0.717, 1.165) is 12.1 Å². The van der Waals surface area contributed by atoms with Crippen LogP contribution in [0.2, 0.25) is 0 Å². The standard InChI is InChI=1S/C22H23N/c1-16(2)13-18-11-12-23-22(14-18)21-15-20(10-9-17(21)3)19-7-5-4-6-8-19/h4-12,14-16H,13H2,1-3H3. The fraction of sp³-hybridized carbons (Fsp3) is 0.227. The van der Waals surface area contributed by atoms with Crippen molar-refractivity contribution < 1.29 is 0 Å². The molecule has 0 atom stereocenters. The molecule has 23 heavy (non-hydrogen) atoms. The van der Waals surface area contributed by atoms with E-state index in [1.165, 1.54) is 27.8 Å². The zero-order valence-electron chi connectivity index (χ0n) is 14.1. The Balaban J connectivity index is 2.03. The number of benzene rings is 2. The lowest BCUT2D eigenvalue weighted by Crippen LogP contribution is -1.96. The highest BCUT2D eigenvalue weighted by Gasteiger charge is 2.08. The molecule has 0 saturated carbocycles. The van der Waals surface area contributed by atoms with Gasteiger partial charge in [-0.1, -0.05) is 56.3 Å². The number of aromatic nitrogens is 1. The van der Waals surface area contributed by atoms with Gasteiger partial charge in [0.1, 0.15) is 0 Å². The summed E-state index contributed by atoms with van der Waals surface area (Å²) in [5.41, 5.74) is 7.39. The summed E-state index contributed by atoms with van der Waals surface area (Å²) in [6.07, 6.45) is 3.02. The van der Waals surface area contributed by atoms with Crippen molar-refractivity contribution in [3.05, 3.63) is 78.0 Å². The highest BCUT2D eigenvalue weighted by atomic mass is 14.7. The molecule has 116 valence electrons. The van der Waals surface area contributed by atoms with Crippen LogP contribution in [0, 0.1) is 12.8 Å². The molecule has 0 aliphatic rings. The maximum atomic E-state index is 4.61. The third-order valence-corrected chi connectivity index (χ3v) is 4.09. The molecule has 1 aromatic heterocycles. The Hall–Kier alpha value is -2.41. The lowest BCUT2D eigenvalue weighted by Gasteiger charge is -2.11. The van der Waals surface area contributed by atoms with Crippen LogP contribution in [0.4, 0.5) is 0 Å². The minimum absolute atomic E-state index is 0.655. The number of rotatable bonds is 4. The molecule has 0 saturated heterocycles. The molecule has 0 bridgehead atoms. The molecule has 1 nitrogen and oxygen atoms in total. The van der Waals surface area contributed by atoms with Crippen molar-refractivity contribution in [3.8, 4) is 22.4 Å². The second kappa shape index (κ2) is 6.78. The normalized spacial score (nSPS) is 11.0. The number of hydrogen-bond acceptors (Lipinski definition) is 1. The summed E-state index contributed by atoms with van der Waals surface area (Å²) in [4.78, 5) is 4.61. The summed E-state index contributed by atoms with van der Waals surface area (Å²) >= 11 is 0. The molecule has 3 aromatic rings. The van der Waals surface area contributed by atoms with Gasteiger partial charge in [-0.3, -0.25) is 4.98 Å². The number of aryl methyl sites for hydroxylation is 1. The quantitative estimate of drug-likeness (QED) is 0.582. The molecule has 0 aliphatic carbocycles. The molecular weight excluding hydrogens is 278 g/mol. The lowest BCUT2D eigenvalue weighted by molar-refractivity contribution is 0.647. The van der Waals surface area contributed by atoms with Crippen molar-refractivity contribution in [1.82, 2.24) is 4.98 Å². The Morgan fingerprint density at radius 2 is 1.65 bits per heavy atom. The van der Waals surface area contributed by atoms with E-state index in [0.29, 0.717) is 5.92 Å². The van der Waals surface area contributed by atoms with Crippen LogP contribution in [0.25, 0.3) is 22.4 Å². The Kier molecular flexibility index (Phi) is 4.57. The number of nitrogens with zero attached hydrogens (tertiary/aromatic N) is 1. The summed E-state index contributed by atoms with van der Waals surface area (Å²) in [5.74, 6) is 0.655. The van der Waals surface area contributed by atoms with Crippen LogP contribution in [0.1, 0.15) is 25.0 Å². The van der Waals surface area contributed by atoms with Gasteiger partial charge in [-0.2, -0.15) is 0 Å². The minimum atomic E-state index is 0.655. The molecule has 0 amide bonds. The van der Waals surface area contributed by atoms with Gasteiger partial charge in [-0.25, -0.2) is 0 Å². The molecule has 0 fully saturated rings. The first-order valence-electron chi connectivity index (χ1n) is 8.25. The van der Waals surface area contributed by atoms with Crippen molar-refractivity contribution >= 4 is 0 Å². The largest absolute Gasteiger partial charge is 0.256 e. The van der Waals surface area contributed by atoms with Gasteiger partial charge in [0, 0.05) is 11.8 Å². The zero-order chi connectivity index (χ0) is 16.2. The summed E-state index contributed by atoms with van der Waals surface area (Å²) in [6, 6.07) is 21.5. The van der Waals surface area contributed by atoms with E-state index < -0.39 is 0 Å². The summed E-state index contributed by atoms with van der Waals surface area (Å²) < 4.78 is 0. The van der Waals surface area contributed by atoms with Crippen LogP contribution in [0.15, 0.2) is 66.9 Å². The maximum Gasteiger partial charge on any atom is 0.0707 e. The predicted molar refractivity (Wildman–Crippen MR) is 98.4 cm³/mol. The van der Waals surface area contributed by atoms with Crippen LogP contribution in [0.3, 0.4) is 0 Å². The van der Waals surface area contributed by atoms with Gasteiger partial charge in [-0.15, -0.1) is 0 Å². The predicted octanol–water partition coefficient (Wildman–Crippen LogP) is 5.92. The van der Waals surface area contributed by atoms with E-state index in [9.17, 15) is 0 Å². The Labute approximate surface area is 139 Å². The average molecular weight is 301 g/mol.